The number of aliphatic hydroxyl groups excluding tert-OH is 1. The largest absolute Gasteiger partial charge is 0.493 e. The van der Waals surface area contributed by atoms with Crippen molar-refractivity contribution in [3.8, 4) is 11.5 Å². The highest BCUT2D eigenvalue weighted by Gasteiger charge is 2.40. The van der Waals surface area contributed by atoms with Gasteiger partial charge in [-0.05, 0) is 44.6 Å². The Labute approximate surface area is 179 Å². The van der Waals surface area contributed by atoms with Crippen molar-refractivity contribution in [3.63, 3.8) is 0 Å². The molecule has 1 saturated heterocycles. The molecule has 9 nitrogen and oxygen atoms in total. The molecule has 0 aliphatic carbocycles. The molecule has 0 radical (unpaired) electrons. The van der Waals surface area contributed by atoms with Crippen molar-refractivity contribution >= 4 is 10.0 Å². The second-order valence-corrected chi connectivity index (χ2v) is 10.0. The minimum Gasteiger partial charge on any atom is -0.493 e. The van der Waals surface area contributed by atoms with E-state index in [1.807, 2.05) is 37.2 Å². The van der Waals surface area contributed by atoms with Crippen molar-refractivity contribution in [1.29, 1.82) is 0 Å². The maximum Gasteiger partial charge on any atom is 0.208 e. The van der Waals surface area contributed by atoms with Crippen LogP contribution in [0.3, 0.4) is 0 Å². The quantitative estimate of drug-likeness (QED) is 0.404. The van der Waals surface area contributed by atoms with Crippen molar-refractivity contribution in [2.45, 2.75) is 31.1 Å². The van der Waals surface area contributed by atoms with E-state index in [9.17, 15) is 18.6 Å². The number of ether oxygens (including phenoxy) is 2. The van der Waals surface area contributed by atoms with Crippen molar-refractivity contribution in [3.05, 3.63) is 23.8 Å². The maximum absolute atomic E-state index is 11.3. The van der Waals surface area contributed by atoms with Crippen molar-refractivity contribution in [2.75, 3.05) is 60.2 Å². The van der Waals surface area contributed by atoms with Crippen LogP contribution in [0.25, 0.3) is 0 Å². The zero-order valence-corrected chi connectivity index (χ0v) is 19.1. The van der Waals surface area contributed by atoms with Crippen LogP contribution in [0.5, 0.6) is 11.5 Å². The summed E-state index contributed by atoms with van der Waals surface area (Å²) in [6.07, 6.45) is 1.16. The maximum atomic E-state index is 11.3. The van der Waals surface area contributed by atoms with E-state index < -0.39 is 21.7 Å². The Hall–Kier alpha value is -1.43. The number of methoxy groups -OCH3 is 1. The topological polar surface area (TPSA) is 112 Å². The van der Waals surface area contributed by atoms with Gasteiger partial charge in [0.05, 0.1) is 26.1 Å². The number of nitrogens with zero attached hydrogens (tertiary/aromatic N) is 2. The van der Waals surface area contributed by atoms with Crippen molar-refractivity contribution in [2.24, 2.45) is 0 Å². The van der Waals surface area contributed by atoms with E-state index in [0.717, 1.165) is 24.8 Å². The number of aliphatic hydroxyl groups is 2. The van der Waals surface area contributed by atoms with Gasteiger partial charge in [-0.1, -0.05) is 6.07 Å². The van der Waals surface area contributed by atoms with Gasteiger partial charge in [-0.2, -0.15) is 0 Å². The fraction of sp³-hybridized carbons (Fsp3) is 0.700. The zero-order valence-electron chi connectivity index (χ0n) is 18.3. The number of likely N-dealkylation sites (tertiary alicyclic amines) is 1. The van der Waals surface area contributed by atoms with Gasteiger partial charge in [0.1, 0.15) is 5.60 Å². The number of benzene rings is 1. The van der Waals surface area contributed by atoms with E-state index in [0.29, 0.717) is 31.2 Å². The van der Waals surface area contributed by atoms with Gasteiger partial charge in [-0.3, -0.25) is 4.90 Å². The first kappa shape index (κ1) is 24.8. The Morgan fingerprint density at radius 1 is 1.33 bits per heavy atom. The summed E-state index contributed by atoms with van der Waals surface area (Å²) in [6, 6.07) is 5.76. The smallest absolute Gasteiger partial charge is 0.208 e. The molecule has 0 saturated carbocycles. The molecule has 1 fully saturated rings. The second kappa shape index (κ2) is 10.7. The summed E-state index contributed by atoms with van der Waals surface area (Å²) in [6.45, 7) is 2.70. The first-order chi connectivity index (χ1) is 14.0. The first-order valence-corrected chi connectivity index (χ1v) is 11.9. The fourth-order valence-corrected chi connectivity index (χ4v) is 3.89. The Morgan fingerprint density at radius 3 is 2.67 bits per heavy atom. The predicted molar refractivity (Wildman–Crippen MR) is 115 cm³/mol. The van der Waals surface area contributed by atoms with E-state index in [-0.39, 0.29) is 19.5 Å². The lowest BCUT2D eigenvalue weighted by atomic mass is 9.88. The molecule has 3 N–H and O–H groups in total. The number of nitrogens with one attached hydrogen (secondary N) is 1. The summed E-state index contributed by atoms with van der Waals surface area (Å²) in [5.74, 6) is 1.35. The van der Waals surface area contributed by atoms with Gasteiger partial charge in [0.15, 0.2) is 11.5 Å². The highest BCUT2D eigenvalue weighted by atomic mass is 32.2. The number of piperidine rings is 1. The van der Waals surface area contributed by atoms with Crippen LogP contribution >= 0.6 is 0 Å². The van der Waals surface area contributed by atoms with E-state index in [1.54, 1.807) is 7.11 Å². The molecule has 0 bridgehead atoms. The molecule has 0 spiro atoms. The van der Waals surface area contributed by atoms with Crippen molar-refractivity contribution < 1.29 is 28.1 Å². The van der Waals surface area contributed by atoms with Crippen LogP contribution in [-0.2, 0) is 16.6 Å². The third-order valence-corrected chi connectivity index (χ3v) is 5.86. The lowest BCUT2D eigenvalue weighted by Crippen LogP contribution is -2.59. The van der Waals surface area contributed by atoms with Crippen LogP contribution in [0.4, 0.5) is 0 Å². The highest BCUT2D eigenvalue weighted by molar-refractivity contribution is 7.88. The molecule has 1 aliphatic rings. The van der Waals surface area contributed by atoms with E-state index in [2.05, 4.69) is 9.62 Å². The average Bonchev–Trinajstić information content (AvgIpc) is 2.67. The van der Waals surface area contributed by atoms with Gasteiger partial charge >= 0.3 is 0 Å². The molecule has 0 aromatic heterocycles. The van der Waals surface area contributed by atoms with Crippen LogP contribution in [-0.4, -0.2) is 100 Å². The van der Waals surface area contributed by atoms with Crippen LogP contribution in [0.1, 0.15) is 18.4 Å². The SMILES string of the molecule is COc1cc(CN2CC[C@@](O)(CNS(C)(=O)=O)[C@H](O)C2)ccc1OCCCN(C)C. The third kappa shape index (κ3) is 7.68. The summed E-state index contributed by atoms with van der Waals surface area (Å²) in [7, 11) is 2.22. The van der Waals surface area contributed by atoms with Crippen molar-refractivity contribution in [1.82, 2.24) is 14.5 Å². The average molecular weight is 446 g/mol. The number of β-amino-alcohol motifs (C(OH)–C–C–N with tert-alkyl or cyclic N) is 1. The Bertz CT molecular complexity index is 789. The molecule has 0 unspecified atom stereocenters. The Balaban J connectivity index is 1.92. The molecule has 1 aromatic carbocycles. The lowest BCUT2D eigenvalue weighted by molar-refractivity contribution is -0.115. The lowest BCUT2D eigenvalue weighted by Gasteiger charge is -2.42. The Kier molecular flexibility index (Phi) is 8.89. The minimum absolute atomic E-state index is 0.200. The summed E-state index contributed by atoms with van der Waals surface area (Å²) in [4.78, 5) is 4.13. The molecule has 30 heavy (non-hydrogen) atoms. The summed E-state index contributed by atoms with van der Waals surface area (Å²) in [5.41, 5.74) is -0.471. The van der Waals surface area contributed by atoms with Gasteiger partial charge in [-0.15, -0.1) is 0 Å². The number of hydrogen-bond donors (Lipinski definition) is 3. The van der Waals surface area contributed by atoms with Gasteiger partial charge < -0.3 is 24.6 Å². The molecule has 1 heterocycles. The van der Waals surface area contributed by atoms with Gasteiger partial charge in [-0.25, -0.2) is 13.1 Å². The van der Waals surface area contributed by atoms with Crippen LogP contribution in [0, 0.1) is 0 Å². The van der Waals surface area contributed by atoms with Gasteiger partial charge in [0.2, 0.25) is 10.0 Å². The first-order valence-electron chi connectivity index (χ1n) is 10.0. The molecular formula is C20H35N3O6S. The standard InChI is InChI=1S/C20H35N3O6S/c1-22(2)9-5-11-29-17-7-6-16(12-18(17)28-3)13-23-10-8-20(25,19(24)14-23)15-21-30(4,26)27/h6-7,12,19,21,24-25H,5,8-11,13-15H2,1-4H3/t19-,20-/m1/s1. The number of rotatable bonds is 11. The minimum atomic E-state index is -3.43. The summed E-state index contributed by atoms with van der Waals surface area (Å²) in [5, 5.41) is 21.0. The Morgan fingerprint density at radius 2 is 2.07 bits per heavy atom. The fourth-order valence-electron chi connectivity index (χ4n) is 3.38. The van der Waals surface area contributed by atoms with Gasteiger partial charge in [0, 0.05) is 32.7 Å². The molecule has 0 amide bonds. The second-order valence-electron chi connectivity index (χ2n) is 8.19. The van der Waals surface area contributed by atoms with Crippen LogP contribution in [0.15, 0.2) is 18.2 Å². The summed E-state index contributed by atoms with van der Waals surface area (Å²) >= 11 is 0. The molecule has 1 aromatic rings. The molecular weight excluding hydrogens is 410 g/mol. The molecule has 2 rings (SSSR count). The zero-order chi connectivity index (χ0) is 22.4. The monoisotopic (exact) mass is 445 g/mol. The molecule has 2 atom stereocenters. The van der Waals surface area contributed by atoms with Crippen LogP contribution < -0.4 is 14.2 Å². The predicted octanol–water partition coefficient (Wildman–Crippen LogP) is -0.127. The molecule has 172 valence electrons. The van der Waals surface area contributed by atoms with Crippen LogP contribution in [0.2, 0.25) is 0 Å². The number of sulfonamides is 1. The van der Waals surface area contributed by atoms with E-state index in [1.165, 1.54) is 0 Å². The van der Waals surface area contributed by atoms with E-state index >= 15 is 0 Å². The van der Waals surface area contributed by atoms with Gasteiger partial charge in [0.25, 0.3) is 0 Å². The summed E-state index contributed by atoms with van der Waals surface area (Å²) < 4.78 is 36.2. The normalized spacial score (nSPS) is 23.0. The third-order valence-electron chi connectivity index (χ3n) is 5.19. The molecule has 10 heteroatoms. The van der Waals surface area contributed by atoms with E-state index in [4.69, 9.17) is 9.47 Å². The molecule has 1 aliphatic heterocycles. The highest BCUT2D eigenvalue weighted by Crippen LogP contribution is 2.30. The number of hydrogen-bond acceptors (Lipinski definition) is 8.